The summed E-state index contributed by atoms with van der Waals surface area (Å²) in [7, 11) is -1.95. The fourth-order valence-electron chi connectivity index (χ4n) is 1.52. The molecule has 2 rings (SSSR count). The number of aromatic carboxylic acids is 1. The number of ether oxygens (including phenoxy) is 1. The number of methoxy groups -OCH3 is 1. The van der Waals surface area contributed by atoms with Crippen molar-refractivity contribution in [2.75, 3.05) is 7.11 Å². The Hall–Kier alpha value is -1.70. The summed E-state index contributed by atoms with van der Waals surface area (Å²) >= 11 is 0. The molecule has 0 aromatic carbocycles. The van der Waals surface area contributed by atoms with Gasteiger partial charge in [0.2, 0.25) is 11.7 Å². The highest BCUT2D eigenvalue weighted by Crippen LogP contribution is 2.29. The van der Waals surface area contributed by atoms with Gasteiger partial charge in [-0.05, 0) is 0 Å². The predicted octanol–water partition coefficient (Wildman–Crippen LogP) is -0.388. The van der Waals surface area contributed by atoms with E-state index < -0.39 is 21.6 Å². The van der Waals surface area contributed by atoms with Crippen LogP contribution in [-0.2, 0) is 21.3 Å². The van der Waals surface area contributed by atoms with Crippen molar-refractivity contribution in [3.05, 3.63) is 17.1 Å². The second-order valence-corrected chi connectivity index (χ2v) is 5.38. The molecular formula is C8H8N2O5S. The van der Waals surface area contributed by atoms with Gasteiger partial charge in [-0.2, -0.15) is 4.98 Å². The number of fused-ring (bicyclic) bond motifs is 1. The molecule has 0 unspecified atom stereocenters. The molecule has 0 atom stereocenters. The van der Waals surface area contributed by atoms with Crippen molar-refractivity contribution in [2.45, 2.75) is 11.5 Å². The maximum atomic E-state index is 11.4. The van der Waals surface area contributed by atoms with E-state index in [1.807, 2.05) is 0 Å². The van der Waals surface area contributed by atoms with Gasteiger partial charge in [-0.15, -0.1) is 0 Å². The molecule has 0 aliphatic carbocycles. The Bertz CT molecular complexity index is 566. The normalized spacial score (nSPS) is 16.8. The Labute approximate surface area is 91.0 Å². The predicted molar refractivity (Wildman–Crippen MR) is 51.9 cm³/mol. The molecule has 1 aromatic heterocycles. The summed E-state index contributed by atoms with van der Waals surface area (Å²) in [5, 5.41) is 8.74. The largest absolute Gasteiger partial charge is 0.481 e. The molecule has 8 heteroatoms. The van der Waals surface area contributed by atoms with E-state index in [4.69, 9.17) is 9.84 Å². The zero-order valence-electron chi connectivity index (χ0n) is 8.30. The Kier molecular flexibility index (Phi) is 2.30. The van der Waals surface area contributed by atoms with Gasteiger partial charge in [0.05, 0.1) is 29.9 Å². The smallest absolute Gasteiger partial charge is 0.374 e. The highest BCUT2D eigenvalue weighted by atomic mass is 32.2. The topological polar surface area (TPSA) is 106 Å². The zero-order valence-corrected chi connectivity index (χ0v) is 9.11. The summed E-state index contributed by atoms with van der Waals surface area (Å²) in [5.74, 6) is -2.21. The van der Waals surface area contributed by atoms with Gasteiger partial charge < -0.3 is 9.84 Å². The summed E-state index contributed by atoms with van der Waals surface area (Å²) in [6, 6.07) is 0. The SMILES string of the molecule is COc1nc(C(=O)O)nc2c1CS(=O)(=O)C2. The Morgan fingerprint density at radius 3 is 2.62 bits per heavy atom. The molecule has 0 saturated heterocycles. The van der Waals surface area contributed by atoms with Gasteiger partial charge in [-0.1, -0.05) is 0 Å². The number of hydrogen-bond donors (Lipinski definition) is 1. The number of carbonyl (C=O) groups is 1. The number of hydrogen-bond acceptors (Lipinski definition) is 6. The summed E-state index contributed by atoms with van der Waals surface area (Å²) < 4.78 is 27.6. The molecule has 1 aliphatic rings. The van der Waals surface area contributed by atoms with E-state index in [9.17, 15) is 13.2 Å². The fraction of sp³-hybridized carbons (Fsp3) is 0.375. The number of carboxylic acid groups (broad SMARTS) is 1. The molecule has 0 radical (unpaired) electrons. The first-order valence-corrected chi connectivity index (χ1v) is 6.12. The standard InChI is InChI=1S/C8H8N2O5S/c1-15-7-4-2-16(13,14)3-5(4)9-6(10-7)8(11)12/h2-3H2,1H3,(H,11,12). The minimum Gasteiger partial charge on any atom is -0.481 e. The molecular weight excluding hydrogens is 236 g/mol. The number of aromatic nitrogens is 2. The van der Waals surface area contributed by atoms with Crippen LogP contribution in [0.15, 0.2) is 0 Å². The van der Waals surface area contributed by atoms with E-state index >= 15 is 0 Å². The monoisotopic (exact) mass is 244 g/mol. The molecule has 86 valence electrons. The first-order valence-electron chi connectivity index (χ1n) is 4.30. The maximum absolute atomic E-state index is 11.4. The molecule has 1 aliphatic heterocycles. The van der Waals surface area contributed by atoms with Crippen LogP contribution in [0.25, 0.3) is 0 Å². The summed E-state index contributed by atoms with van der Waals surface area (Å²) in [4.78, 5) is 18.0. The lowest BCUT2D eigenvalue weighted by molar-refractivity contribution is 0.0682. The molecule has 1 N–H and O–H groups in total. The first kappa shape index (κ1) is 10.8. The maximum Gasteiger partial charge on any atom is 0.374 e. The second kappa shape index (κ2) is 3.41. The quantitative estimate of drug-likeness (QED) is 0.755. The third-order valence-corrected chi connectivity index (χ3v) is 3.60. The van der Waals surface area contributed by atoms with E-state index in [1.165, 1.54) is 7.11 Å². The summed E-state index contributed by atoms with van der Waals surface area (Å²) in [6.45, 7) is 0. The van der Waals surface area contributed by atoms with Crippen LogP contribution < -0.4 is 4.74 Å². The third-order valence-electron chi connectivity index (χ3n) is 2.16. The molecule has 7 nitrogen and oxygen atoms in total. The molecule has 0 bridgehead atoms. The van der Waals surface area contributed by atoms with Crippen molar-refractivity contribution in [1.29, 1.82) is 0 Å². The van der Waals surface area contributed by atoms with E-state index in [1.54, 1.807) is 0 Å². The van der Waals surface area contributed by atoms with Crippen molar-refractivity contribution in [2.24, 2.45) is 0 Å². The highest BCUT2D eigenvalue weighted by Gasteiger charge is 2.31. The van der Waals surface area contributed by atoms with Crippen LogP contribution in [0.1, 0.15) is 21.9 Å². The van der Waals surface area contributed by atoms with Crippen molar-refractivity contribution in [3.8, 4) is 5.88 Å². The molecule has 0 fully saturated rings. The molecule has 1 aromatic rings. The van der Waals surface area contributed by atoms with Crippen LogP contribution in [0.3, 0.4) is 0 Å². The van der Waals surface area contributed by atoms with Gasteiger partial charge in [-0.25, -0.2) is 18.2 Å². The lowest BCUT2D eigenvalue weighted by Crippen LogP contribution is -2.08. The molecule has 2 heterocycles. The Morgan fingerprint density at radius 2 is 2.06 bits per heavy atom. The Balaban J connectivity index is 2.62. The first-order chi connectivity index (χ1) is 7.43. The van der Waals surface area contributed by atoms with Crippen molar-refractivity contribution >= 4 is 15.8 Å². The lowest BCUT2D eigenvalue weighted by Gasteiger charge is -2.04. The van der Waals surface area contributed by atoms with Gasteiger partial charge in [0.15, 0.2) is 9.84 Å². The summed E-state index contributed by atoms with van der Waals surface area (Å²) in [5.41, 5.74) is 0.566. The molecule has 0 saturated carbocycles. The van der Waals surface area contributed by atoms with Crippen molar-refractivity contribution < 1.29 is 23.1 Å². The van der Waals surface area contributed by atoms with Crippen molar-refractivity contribution in [3.63, 3.8) is 0 Å². The lowest BCUT2D eigenvalue weighted by atomic mass is 10.2. The van der Waals surface area contributed by atoms with Gasteiger partial charge in [-0.3, -0.25) is 0 Å². The van der Waals surface area contributed by atoms with Gasteiger partial charge in [0, 0.05) is 0 Å². The van der Waals surface area contributed by atoms with Crippen LogP contribution in [-0.4, -0.2) is 36.6 Å². The second-order valence-electron chi connectivity index (χ2n) is 3.32. The van der Waals surface area contributed by atoms with E-state index in [0.29, 0.717) is 5.56 Å². The van der Waals surface area contributed by atoms with E-state index in [-0.39, 0.29) is 23.1 Å². The zero-order chi connectivity index (χ0) is 11.9. The molecule has 0 spiro atoms. The van der Waals surface area contributed by atoms with Crippen LogP contribution in [0.2, 0.25) is 0 Å². The third kappa shape index (κ3) is 1.71. The van der Waals surface area contributed by atoms with E-state index in [2.05, 4.69) is 9.97 Å². The minimum atomic E-state index is -3.26. The average molecular weight is 244 g/mol. The van der Waals surface area contributed by atoms with Crippen LogP contribution >= 0.6 is 0 Å². The Morgan fingerprint density at radius 1 is 1.38 bits per heavy atom. The minimum absolute atomic E-state index is 0.0171. The van der Waals surface area contributed by atoms with Crippen LogP contribution in [0.5, 0.6) is 5.88 Å². The van der Waals surface area contributed by atoms with E-state index in [0.717, 1.165) is 0 Å². The van der Waals surface area contributed by atoms with Crippen LogP contribution in [0, 0.1) is 0 Å². The van der Waals surface area contributed by atoms with Crippen LogP contribution in [0.4, 0.5) is 0 Å². The van der Waals surface area contributed by atoms with Gasteiger partial charge >= 0.3 is 5.97 Å². The van der Waals surface area contributed by atoms with Crippen molar-refractivity contribution in [1.82, 2.24) is 9.97 Å². The van der Waals surface area contributed by atoms with Gasteiger partial charge in [0.1, 0.15) is 0 Å². The number of sulfone groups is 1. The number of carboxylic acids is 1. The number of rotatable bonds is 2. The molecule has 16 heavy (non-hydrogen) atoms. The van der Waals surface area contributed by atoms with Gasteiger partial charge in [0.25, 0.3) is 0 Å². The molecule has 0 amide bonds. The highest BCUT2D eigenvalue weighted by molar-refractivity contribution is 7.90. The average Bonchev–Trinajstić information content (AvgIpc) is 2.49. The fourth-order valence-corrected chi connectivity index (χ4v) is 3.00. The summed E-state index contributed by atoms with van der Waals surface area (Å²) in [6.07, 6.45) is 0. The number of nitrogens with zero attached hydrogens (tertiary/aromatic N) is 2.